The highest BCUT2D eigenvalue weighted by Crippen LogP contribution is 2.20. The molecule has 14 heavy (non-hydrogen) atoms. The molecule has 0 atom stereocenters. The fourth-order valence-corrected chi connectivity index (χ4v) is 1.87. The van der Waals surface area contributed by atoms with Crippen LogP contribution in [0.25, 0.3) is 11.3 Å². The lowest BCUT2D eigenvalue weighted by atomic mass is 10.2. The minimum absolute atomic E-state index is 0.394. The largest absolute Gasteiger partial charge is 0.303 e. The minimum Gasteiger partial charge on any atom is -0.303 e. The van der Waals surface area contributed by atoms with Gasteiger partial charge in [0.15, 0.2) is 0 Å². The van der Waals surface area contributed by atoms with Gasteiger partial charge in [0.25, 0.3) is 0 Å². The maximum absolute atomic E-state index is 10.3. The summed E-state index contributed by atoms with van der Waals surface area (Å²) in [4.78, 5) is 18.6. The van der Waals surface area contributed by atoms with Gasteiger partial charge in [-0.1, -0.05) is 0 Å². The van der Waals surface area contributed by atoms with Crippen molar-refractivity contribution in [3.8, 4) is 11.3 Å². The molecule has 0 saturated carbocycles. The van der Waals surface area contributed by atoms with Crippen LogP contribution in [-0.2, 0) is 11.2 Å². The van der Waals surface area contributed by atoms with Crippen LogP contribution in [0, 0.1) is 0 Å². The lowest BCUT2D eigenvalue weighted by Gasteiger charge is -1.92. The zero-order valence-corrected chi connectivity index (χ0v) is 8.20. The lowest BCUT2D eigenvalue weighted by molar-refractivity contribution is -0.107. The summed E-state index contributed by atoms with van der Waals surface area (Å²) >= 11 is 1.50. The van der Waals surface area contributed by atoms with Gasteiger partial charge >= 0.3 is 0 Å². The van der Waals surface area contributed by atoms with Crippen molar-refractivity contribution in [2.75, 3.05) is 0 Å². The summed E-state index contributed by atoms with van der Waals surface area (Å²) in [7, 11) is 0. The van der Waals surface area contributed by atoms with Crippen LogP contribution in [-0.4, -0.2) is 16.3 Å². The van der Waals surface area contributed by atoms with Crippen LogP contribution in [0.3, 0.4) is 0 Å². The Hall–Kier alpha value is -1.55. The molecular formula is C10H8N2OS. The minimum atomic E-state index is 0.394. The van der Waals surface area contributed by atoms with E-state index in [1.807, 2.05) is 17.5 Å². The van der Waals surface area contributed by atoms with Gasteiger partial charge in [-0.15, -0.1) is 11.3 Å². The quantitative estimate of drug-likeness (QED) is 0.718. The van der Waals surface area contributed by atoms with Crippen LogP contribution in [0.2, 0.25) is 0 Å². The van der Waals surface area contributed by atoms with Gasteiger partial charge < -0.3 is 4.79 Å². The van der Waals surface area contributed by atoms with Crippen LogP contribution in [0.1, 0.15) is 5.01 Å². The van der Waals surface area contributed by atoms with Gasteiger partial charge in [0.05, 0.1) is 12.1 Å². The van der Waals surface area contributed by atoms with E-state index in [2.05, 4.69) is 9.97 Å². The van der Waals surface area contributed by atoms with E-state index in [0.29, 0.717) is 6.42 Å². The molecule has 0 fully saturated rings. The summed E-state index contributed by atoms with van der Waals surface area (Å²) in [5.41, 5.74) is 1.88. The molecule has 0 aromatic carbocycles. The van der Waals surface area contributed by atoms with E-state index in [1.54, 1.807) is 12.4 Å². The van der Waals surface area contributed by atoms with Crippen molar-refractivity contribution in [3.63, 3.8) is 0 Å². The van der Waals surface area contributed by atoms with Crippen LogP contribution in [0.5, 0.6) is 0 Å². The van der Waals surface area contributed by atoms with Gasteiger partial charge in [-0.25, -0.2) is 4.98 Å². The first-order valence-corrected chi connectivity index (χ1v) is 5.06. The molecule has 0 aliphatic carbocycles. The zero-order valence-electron chi connectivity index (χ0n) is 7.38. The van der Waals surface area contributed by atoms with E-state index in [0.717, 1.165) is 22.6 Å². The first kappa shape index (κ1) is 9.02. The molecule has 70 valence electrons. The topological polar surface area (TPSA) is 42.9 Å². The van der Waals surface area contributed by atoms with E-state index in [9.17, 15) is 4.79 Å². The highest BCUT2D eigenvalue weighted by molar-refractivity contribution is 7.10. The van der Waals surface area contributed by atoms with Crippen LogP contribution >= 0.6 is 11.3 Å². The van der Waals surface area contributed by atoms with Gasteiger partial charge in [0.1, 0.15) is 11.3 Å². The third kappa shape index (κ3) is 1.85. The summed E-state index contributed by atoms with van der Waals surface area (Å²) in [5, 5.41) is 2.79. The van der Waals surface area contributed by atoms with Crippen molar-refractivity contribution in [3.05, 3.63) is 34.9 Å². The Balaban J connectivity index is 2.29. The molecule has 0 aliphatic rings. The van der Waals surface area contributed by atoms with Crippen LogP contribution in [0.15, 0.2) is 29.9 Å². The third-order valence-corrected chi connectivity index (χ3v) is 2.64. The molecule has 4 heteroatoms. The number of pyridine rings is 1. The zero-order chi connectivity index (χ0) is 9.80. The van der Waals surface area contributed by atoms with Crippen molar-refractivity contribution in [1.82, 2.24) is 9.97 Å². The Morgan fingerprint density at radius 3 is 3.14 bits per heavy atom. The molecule has 0 spiro atoms. The third-order valence-electron chi connectivity index (χ3n) is 1.77. The maximum Gasteiger partial charge on any atom is 0.126 e. The predicted octanol–water partition coefficient (Wildman–Crippen LogP) is 1.95. The first-order chi connectivity index (χ1) is 6.90. The highest BCUT2D eigenvalue weighted by Gasteiger charge is 2.03. The van der Waals surface area contributed by atoms with Gasteiger partial charge in [0, 0.05) is 23.3 Å². The second-order valence-corrected chi connectivity index (χ2v) is 3.68. The van der Waals surface area contributed by atoms with Crippen LogP contribution < -0.4 is 0 Å². The van der Waals surface area contributed by atoms with Crippen LogP contribution in [0.4, 0.5) is 0 Å². The number of aldehydes is 1. The molecule has 0 amide bonds. The molecule has 0 unspecified atom stereocenters. The predicted molar refractivity (Wildman–Crippen MR) is 55.1 cm³/mol. The molecule has 2 heterocycles. The number of rotatable bonds is 3. The Morgan fingerprint density at radius 1 is 1.50 bits per heavy atom. The Labute approximate surface area is 85.5 Å². The number of hydrogen-bond acceptors (Lipinski definition) is 4. The Morgan fingerprint density at radius 2 is 2.43 bits per heavy atom. The van der Waals surface area contributed by atoms with E-state index in [4.69, 9.17) is 0 Å². The average molecular weight is 204 g/mol. The van der Waals surface area contributed by atoms with E-state index in [1.165, 1.54) is 11.3 Å². The molecule has 0 bridgehead atoms. The summed E-state index contributed by atoms with van der Waals surface area (Å²) in [6.07, 6.45) is 4.75. The fourth-order valence-electron chi connectivity index (χ4n) is 1.12. The van der Waals surface area contributed by atoms with Gasteiger partial charge in [-0.3, -0.25) is 4.98 Å². The monoisotopic (exact) mass is 204 g/mol. The number of nitrogens with zero attached hydrogens (tertiary/aromatic N) is 2. The Kier molecular flexibility index (Phi) is 2.65. The van der Waals surface area contributed by atoms with E-state index in [-0.39, 0.29) is 0 Å². The highest BCUT2D eigenvalue weighted by atomic mass is 32.1. The number of carbonyl (C=O) groups is 1. The molecule has 2 rings (SSSR count). The van der Waals surface area contributed by atoms with Crippen molar-refractivity contribution < 1.29 is 4.79 Å². The molecule has 0 N–H and O–H groups in total. The SMILES string of the molecule is O=CCc1nc(-c2cccnc2)cs1. The normalized spacial score (nSPS) is 10.0. The first-order valence-electron chi connectivity index (χ1n) is 4.18. The number of thiazole rings is 1. The average Bonchev–Trinajstić information content (AvgIpc) is 2.68. The summed E-state index contributed by atoms with van der Waals surface area (Å²) < 4.78 is 0. The number of aromatic nitrogens is 2. The molecule has 3 nitrogen and oxygen atoms in total. The molecule has 0 aliphatic heterocycles. The molecular weight excluding hydrogens is 196 g/mol. The van der Waals surface area contributed by atoms with Gasteiger partial charge in [-0.05, 0) is 12.1 Å². The Bertz CT molecular complexity index is 425. The number of carbonyl (C=O) groups excluding carboxylic acids is 1. The lowest BCUT2D eigenvalue weighted by Crippen LogP contribution is -1.84. The second kappa shape index (κ2) is 4.11. The summed E-state index contributed by atoms with van der Waals surface area (Å²) in [6.45, 7) is 0. The maximum atomic E-state index is 10.3. The van der Waals surface area contributed by atoms with Crippen molar-refractivity contribution >= 4 is 17.6 Å². The smallest absolute Gasteiger partial charge is 0.126 e. The molecule has 2 aromatic rings. The standard InChI is InChI=1S/C10H8N2OS/c13-5-3-10-12-9(7-14-10)8-2-1-4-11-6-8/h1-2,4-7H,3H2. The molecule has 2 aromatic heterocycles. The van der Waals surface area contributed by atoms with E-state index < -0.39 is 0 Å². The fraction of sp³-hybridized carbons (Fsp3) is 0.100. The van der Waals surface area contributed by atoms with Crippen molar-refractivity contribution in [2.45, 2.75) is 6.42 Å². The number of hydrogen-bond donors (Lipinski definition) is 0. The van der Waals surface area contributed by atoms with Crippen molar-refractivity contribution in [2.24, 2.45) is 0 Å². The van der Waals surface area contributed by atoms with Crippen molar-refractivity contribution in [1.29, 1.82) is 0 Å². The summed E-state index contributed by atoms with van der Waals surface area (Å²) in [6, 6.07) is 3.82. The van der Waals surface area contributed by atoms with Gasteiger partial charge in [0.2, 0.25) is 0 Å². The molecule has 0 radical (unpaired) electrons. The summed E-state index contributed by atoms with van der Waals surface area (Å²) in [5.74, 6) is 0. The van der Waals surface area contributed by atoms with Gasteiger partial charge in [-0.2, -0.15) is 0 Å². The molecule has 0 saturated heterocycles. The second-order valence-electron chi connectivity index (χ2n) is 2.74. The van der Waals surface area contributed by atoms with E-state index >= 15 is 0 Å².